The number of carbonyl (C=O) groups is 2. The smallest absolute Gasteiger partial charge is 0.409 e. The molecule has 0 spiro atoms. The van der Waals surface area contributed by atoms with Crippen molar-refractivity contribution < 1.29 is 28.9 Å². The van der Waals surface area contributed by atoms with Crippen LogP contribution in [0, 0.1) is 0 Å². The Labute approximate surface area is 216 Å². The Hall–Kier alpha value is -2.48. The van der Waals surface area contributed by atoms with Crippen molar-refractivity contribution >= 4 is 35.3 Å². The molecule has 0 heterocycles. The summed E-state index contributed by atoms with van der Waals surface area (Å²) in [5.41, 5.74) is 1.85. The predicted octanol–water partition coefficient (Wildman–Crippen LogP) is 5.89. The van der Waals surface area contributed by atoms with E-state index in [0.717, 1.165) is 30.4 Å². The van der Waals surface area contributed by atoms with E-state index < -0.39 is 12.1 Å². The molecule has 0 aliphatic heterocycles. The van der Waals surface area contributed by atoms with Gasteiger partial charge >= 0.3 is 12.1 Å². The zero-order valence-corrected chi connectivity index (χ0v) is 21.7. The Kier molecular flexibility index (Phi) is 12.7. The van der Waals surface area contributed by atoms with E-state index in [4.69, 9.17) is 37.4 Å². The Morgan fingerprint density at radius 3 is 2.26 bits per heavy atom. The van der Waals surface area contributed by atoms with Gasteiger partial charge < -0.3 is 24.2 Å². The van der Waals surface area contributed by atoms with Gasteiger partial charge in [0, 0.05) is 29.6 Å². The molecule has 35 heavy (non-hydrogen) atoms. The molecule has 0 saturated heterocycles. The van der Waals surface area contributed by atoms with E-state index in [2.05, 4.69) is 0 Å². The van der Waals surface area contributed by atoms with Crippen LogP contribution < -0.4 is 4.74 Å². The van der Waals surface area contributed by atoms with Gasteiger partial charge in [0.1, 0.15) is 12.4 Å². The number of aliphatic carboxylic acids is 1. The molecule has 2 aromatic rings. The van der Waals surface area contributed by atoms with Gasteiger partial charge in [-0.1, -0.05) is 42.3 Å². The molecule has 1 unspecified atom stereocenters. The van der Waals surface area contributed by atoms with Crippen molar-refractivity contribution in [3.63, 3.8) is 0 Å². The van der Waals surface area contributed by atoms with Crippen molar-refractivity contribution in [2.75, 3.05) is 32.9 Å². The van der Waals surface area contributed by atoms with Crippen LogP contribution in [0.25, 0.3) is 0 Å². The molecule has 0 bridgehead atoms. The van der Waals surface area contributed by atoms with Crippen LogP contribution in [0.4, 0.5) is 4.79 Å². The largest absolute Gasteiger partial charge is 0.492 e. The van der Waals surface area contributed by atoms with Gasteiger partial charge in [-0.15, -0.1) is 0 Å². The molecule has 0 radical (unpaired) electrons. The molecule has 2 rings (SSSR count). The number of hydrogen-bond donors (Lipinski definition) is 1. The number of ether oxygens (including phenoxy) is 3. The van der Waals surface area contributed by atoms with Gasteiger partial charge in [-0.2, -0.15) is 0 Å². The summed E-state index contributed by atoms with van der Waals surface area (Å²) < 4.78 is 16.4. The fourth-order valence-electron chi connectivity index (χ4n) is 3.43. The number of carboxylic acid groups (broad SMARTS) is 1. The summed E-state index contributed by atoms with van der Waals surface area (Å²) in [6.45, 7) is 5.57. The third kappa shape index (κ3) is 10.8. The van der Waals surface area contributed by atoms with Gasteiger partial charge in [-0.25, -0.2) is 9.59 Å². The third-order valence-electron chi connectivity index (χ3n) is 5.12. The molecule has 0 saturated carbocycles. The second-order valence-electron chi connectivity index (χ2n) is 7.96. The second-order valence-corrected chi connectivity index (χ2v) is 8.83. The average Bonchev–Trinajstić information content (AvgIpc) is 2.81. The summed E-state index contributed by atoms with van der Waals surface area (Å²) in [5, 5.41) is 10.4. The second kappa shape index (κ2) is 15.5. The van der Waals surface area contributed by atoms with Crippen LogP contribution in [0.2, 0.25) is 10.0 Å². The lowest BCUT2D eigenvalue weighted by Gasteiger charge is -2.22. The highest BCUT2D eigenvalue weighted by molar-refractivity contribution is 6.34. The number of amides is 1. The van der Waals surface area contributed by atoms with E-state index in [1.165, 1.54) is 0 Å². The maximum absolute atomic E-state index is 12.5. The van der Waals surface area contributed by atoms with E-state index in [-0.39, 0.29) is 12.5 Å². The van der Waals surface area contributed by atoms with E-state index in [9.17, 15) is 14.7 Å². The standard InChI is InChI=1S/C26H33Cl2NO6/c1-3-13-35-26(32)29(11-5-6-20-15-21(27)18-22(28)16-20)12-14-34-23-9-7-19(8-10-23)17-24(25(30)31)33-4-2/h7-10,15-16,18,24H,3-6,11-14,17H2,1-2H3,(H,30,31). The van der Waals surface area contributed by atoms with Gasteiger partial charge in [0.2, 0.25) is 0 Å². The highest BCUT2D eigenvalue weighted by Gasteiger charge is 2.18. The zero-order valence-electron chi connectivity index (χ0n) is 20.2. The molecule has 1 amide bonds. The van der Waals surface area contributed by atoms with Crippen LogP contribution in [-0.4, -0.2) is 61.1 Å². The highest BCUT2D eigenvalue weighted by Crippen LogP contribution is 2.20. The molecule has 1 N–H and O–H groups in total. The highest BCUT2D eigenvalue weighted by atomic mass is 35.5. The van der Waals surface area contributed by atoms with Gasteiger partial charge in [0.05, 0.1) is 13.2 Å². The number of carboxylic acids is 1. The Morgan fingerprint density at radius 2 is 1.66 bits per heavy atom. The Balaban J connectivity index is 1.88. The number of carbonyl (C=O) groups excluding carboxylic acids is 1. The molecule has 0 fully saturated rings. The minimum absolute atomic E-state index is 0.276. The molecule has 0 aliphatic carbocycles. The number of benzene rings is 2. The average molecular weight is 526 g/mol. The Morgan fingerprint density at radius 1 is 0.971 bits per heavy atom. The number of aryl methyl sites for hydroxylation is 1. The summed E-state index contributed by atoms with van der Waals surface area (Å²) in [6.07, 6.45) is 1.22. The Bertz CT molecular complexity index is 918. The maximum Gasteiger partial charge on any atom is 0.409 e. The first-order chi connectivity index (χ1) is 16.8. The molecule has 192 valence electrons. The molecule has 9 heteroatoms. The fourth-order valence-corrected chi connectivity index (χ4v) is 4.00. The van der Waals surface area contributed by atoms with Gasteiger partial charge in [0.25, 0.3) is 0 Å². The van der Waals surface area contributed by atoms with E-state index in [1.54, 1.807) is 30.0 Å². The lowest BCUT2D eigenvalue weighted by molar-refractivity contribution is -0.149. The van der Waals surface area contributed by atoms with E-state index >= 15 is 0 Å². The molecule has 0 aromatic heterocycles. The molecular weight excluding hydrogens is 493 g/mol. The van der Waals surface area contributed by atoms with Crippen molar-refractivity contribution in [3.8, 4) is 5.75 Å². The minimum Gasteiger partial charge on any atom is -0.492 e. The number of halogens is 2. The minimum atomic E-state index is -0.985. The van der Waals surface area contributed by atoms with Crippen LogP contribution >= 0.6 is 23.2 Å². The maximum atomic E-state index is 12.5. The van der Waals surface area contributed by atoms with E-state index in [0.29, 0.717) is 48.7 Å². The summed E-state index contributed by atoms with van der Waals surface area (Å²) in [4.78, 5) is 25.4. The van der Waals surface area contributed by atoms with Crippen LogP contribution in [0.5, 0.6) is 5.75 Å². The summed E-state index contributed by atoms with van der Waals surface area (Å²) in [7, 11) is 0. The first kappa shape index (κ1) is 28.8. The molecular formula is C26H33Cl2NO6. The van der Waals surface area contributed by atoms with Crippen molar-refractivity contribution in [2.45, 2.75) is 45.6 Å². The van der Waals surface area contributed by atoms with E-state index in [1.807, 2.05) is 31.2 Å². The van der Waals surface area contributed by atoms with Gasteiger partial charge in [-0.05, 0) is 67.6 Å². The molecule has 1 atom stereocenters. The normalized spacial score (nSPS) is 11.7. The van der Waals surface area contributed by atoms with Crippen LogP contribution in [0.15, 0.2) is 42.5 Å². The van der Waals surface area contributed by atoms with Gasteiger partial charge in [-0.3, -0.25) is 0 Å². The first-order valence-electron chi connectivity index (χ1n) is 11.7. The third-order valence-corrected chi connectivity index (χ3v) is 5.56. The zero-order chi connectivity index (χ0) is 25.6. The fraction of sp³-hybridized carbons (Fsp3) is 0.462. The summed E-state index contributed by atoms with van der Waals surface area (Å²) >= 11 is 12.1. The summed E-state index contributed by atoms with van der Waals surface area (Å²) in [5.74, 6) is -0.354. The topological polar surface area (TPSA) is 85.3 Å². The number of nitrogens with zero attached hydrogens (tertiary/aromatic N) is 1. The predicted molar refractivity (Wildman–Crippen MR) is 137 cm³/mol. The molecule has 0 aliphatic rings. The van der Waals surface area contributed by atoms with Crippen LogP contribution in [0.1, 0.15) is 37.8 Å². The first-order valence-corrected chi connectivity index (χ1v) is 12.5. The van der Waals surface area contributed by atoms with Crippen LogP contribution in [-0.2, 0) is 27.1 Å². The van der Waals surface area contributed by atoms with Crippen molar-refractivity contribution in [1.29, 1.82) is 0 Å². The lowest BCUT2D eigenvalue weighted by atomic mass is 10.1. The molecule has 7 nitrogen and oxygen atoms in total. The molecule has 2 aromatic carbocycles. The summed E-state index contributed by atoms with van der Waals surface area (Å²) in [6, 6.07) is 12.6. The van der Waals surface area contributed by atoms with Crippen LogP contribution in [0.3, 0.4) is 0 Å². The SMILES string of the molecule is CCCOC(=O)N(CCCc1cc(Cl)cc(Cl)c1)CCOc1ccc(CC(OCC)C(=O)O)cc1. The quantitative estimate of drug-likeness (QED) is 0.312. The van der Waals surface area contributed by atoms with Gasteiger partial charge in [0.15, 0.2) is 6.10 Å². The van der Waals surface area contributed by atoms with Crippen molar-refractivity contribution in [3.05, 3.63) is 63.6 Å². The number of rotatable bonds is 15. The van der Waals surface area contributed by atoms with Crippen molar-refractivity contribution in [1.82, 2.24) is 4.90 Å². The van der Waals surface area contributed by atoms with Crippen molar-refractivity contribution in [2.24, 2.45) is 0 Å². The number of hydrogen-bond acceptors (Lipinski definition) is 5. The lowest BCUT2D eigenvalue weighted by Crippen LogP contribution is -2.36. The monoisotopic (exact) mass is 525 g/mol.